The van der Waals surface area contributed by atoms with Gasteiger partial charge in [0.1, 0.15) is 5.82 Å². The van der Waals surface area contributed by atoms with Crippen LogP contribution in [0.4, 0.5) is 16.0 Å². The van der Waals surface area contributed by atoms with Crippen molar-refractivity contribution in [1.82, 2.24) is 14.9 Å². The van der Waals surface area contributed by atoms with Gasteiger partial charge in [0.05, 0.1) is 6.10 Å². The molecule has 164 valence electrons. The lowest BCUT2D eigenvalue weighted by atomic mass is 9.97. The molecule has 5 rings (SSSR count). The van der Waals surface area contributed by atoms with E-state index in [-0.39, 0.29) is 23.7 Å². The van der Waals surface area contributed by atoms with Crippen LogP contribution in [0.15, 0.2) is 54.9 Å². The molecule has 2 aromatic carbocycles. The highest BCUT2D eigenvalue weighted by molar-refractivity contribution is 5.96. The van der Waals surface area contributed by atoms with Crippen molar-refractivity contribution in [2.45, 2.75) is 31.3 Å². The Hall–Kier alpha value is -3.32. The molecule has 1 spiro atoms. The molecular weight excluding hydrogens is 407 g/mol. The van der Waals surface area contributed by atoms with Crippen LogP contribution in [0.25, 0.3) is 11.1 Å². The molecule has 1 aromatic heterocycles. The van der Waals surface area contributed by atoms with Gasteiger partial charge in [-0.15, -0.1) is 0 Å². The van der Waals surface area contributed by atoms with Crippen molar-refractivity contribution in [3.8, 4) is 11.1 Å². The summed E-state index contributed by atoms with van der Waals surface area (Å²) in [6.45, 7) is 2.69. The van der Waals surface area contributed by atoms with Crippen LogP contribution in [-0.2, 0) is 5.41 Å². The van der Waals surface area contributed by atoms with Crippen LogP contribution in [0.1, 0.15) is 35.7 Å². The summed E-state index contributed by atoms with van der Waals surface area (Å²) in [5.74, 6) is 0.0926. The van der Waals surface area contributed by atoms with Gasteiger partial charge < -0.3 is 14.9 Å². The van der Waals surface area contributed by atoms with Crippen molar-refractivity contribution >= 4 is 17.5 Å². The largest absolute Gasteiger partial charge is 0.392 e. The molecule has 1 N–H and O–H groups in total. The zero-order valence-electron chi connectivity index (χ0n) is 18.1. The van der Waals surface area contributed by atoms with E-state index in [1.807, 2.05) is 18.2 Å². The molecule has 3 aromatic rings. The number of rotatable bonds is 5. The van der Waals surface area contributed by atoms with E-state index >= 15 is 0 Å². The van der Waals surface area contributed by atoms with Gasteiger partial charge in [0.2, 0.25) is 5.95 Å². The van der Waals surface area contributed by atoms with Crippen LogP contribution in [0.3, 0.4) is 0 Å². The Morgan fingerprint density at radius 1 is 1.22 bits per heavy atom. The van der Waals surface area contributed by atoms with Crippen molar-refractivity contribution in [2.24, 2.45) is 0 Å². The third-order valence-corrected chi connectivity index (χ3v) is 6.37. The fourth-order valence-electron chi connectivity index (χ4n) is 4.56. The maximum Gasteiger partial charge on any atom is 0.253 e. The predicted octanol–water partition coefficient (Wildman–Crippen LogP) is 3.92. The minimum atomic E-state index is -0.592. The summed E-state index contributed by atoms with van der Waals surface area (Å²) in [6.07, 6.45) is 4.89. The van der Waals surface area contributed by atoms with Gasteiger partial charge in [-0.05, 0) is 43.5 Å². The molecule has 1 saturated carbocycles. The third-order valence-electron chi connectivity index (χ3n) is 6.37. The van der Waals surface area contributed by atoms with E-state index in [0.29, 0.717) is 22.6 Å². The second-order valence-corrected chi connectivity index (χ2v) is 8.88. The first-order valence-corrected chi connectivity index (χ1v) is 10.8. The van der Waals surface area contributed by atoms with Crippen molar-refractivity contribution in [1.29, 1.82) is 0 Å². The van der Waals surface area contributed by atoms with Crippen LogP contribution in [-0.4, -0.2) is 52.1 Å². The number of fused-ring (bicyclic) bond motifs is 2. The summed E-state index contributed by atoms with van der Waals surface area (Å²) in [6, 6.07) is 12.4. The number of aliphatic hydroxyl groups is 1. The lowest BCUT2D eigenvalue weighted by Gasteiger charge is -2.21. The summed E-state index contributed by atoms with van der Waals surface area (Å²) in [7, 11) is 1.69. The Kier molecular flexibility index (Phi) is 4.93. The SMILES string of the molecule is CC(O)CN(C)C(=O)c1ccc2c(c1)N(c1ncc(-c3ccccc3F)cn1)CC21CC1. The van der Waals surface area contributed by atoms with E-state index in [1.165, 1.54) is 16.5 Å². The molecule has 1 aliphatic heterocycles. The third kappa shape index (κ3) is 3.52. The smallest absolute Gasteiger partial charge is 0.253 e. The second-order valence-electron chi connectivity index (χ2n) is 8.88. The molecule has 2 aliphatic rings. The number of benzene rings is 2. The molecule has 0 radical (unpaired) electrons. The monoisotopic (exact) mass is 432 g/mol. The van der Waals surface area contributed by atoms with Gasteiger partial charge >= 0.3 is 0 Å². The average Bonchev–Trinajstić information content (AvgIpc) is 3.50. The molecule has 6 nitrogen and oxygen atoms in total. The number of anilines is 2. The second kappa shape index (κ2) is 7.67. The highest BCUT2D eigenvalue weighted by Gasteiger charge is 2.52. The van der Waals surface area contributed by atoms with Gasteiger partial charge in [-0.3, -0.25) is 4.79 Å². The normalized spacial score (nSPS) is 16.7. The standard InChI is InChI=1S/C25H25FN4O2/c1-16(31)14-29(2)23(32)17-7-8-20-22(11-17)30(15-25(20)9-10-25)24-27-12-18(13-28-24)19-5-3-4-6-21(19)26/h3-8,11-13,16,31H,9-10,14-15H2,1-2H3. The van der Waals surface area contributed by atoms with Gasteiger partial charge in [-0.25, -0.2) is 14.4 Å². The summed E-state index contributed by atoms with van der Waals surface area (Å²) in [5.41, 5.74) is 3.91. The fraction of sp³-hybridized carbons (Fsp3) is 0.320. The van der Waals surface area contributed by atoms with Crippen LogP contribution in [0.2, 0.25) is 0 Å². The summed E-state index contributed by atoms with van der Waals surface area (Å²) in [4.78, 5) is 25.5. The maximum absolute atomic E-state index is 14.1. The van der Waals surface area contributed by atoms with Crippen LogP contribution >= 0.6 is 0 Å². The summed E-state index contributed by atoms with van der Waals surface area (Å²) in [5, 5.41) is 9.62. The van der Waals surface area contributed by atoms with Gasteiger partial charge in [-0.2, -0.15) is 0 Å². The van der Waals surface area contributed by atoms with Crippen molar-refractivity contribution < 1.29 is 14.3 Å². The Bertz CT molecular complexity index is 1170. The molecule has 1 unspecified atom stereocenters. The molecular formula is C25H25FN4O2. The van der Waals surface area contributed by atoms with Gasteiger partial charge in [0.15, 0.2) is 0 Å². The van der Waals surface area contributed by atoms with E-state index in [2.05, 4.69) is 14.9 Å². The number of halogens is 1. The van der Waals surface area contributed by atoms with E-state index in [4.69, 9.17) is 0 Å². The number of carbonyl (C=O) groups excluding carboxylic acids is 1. The molecule has 1 atom stereocenters. The van der Waals surface area contributed by atoms with E-state index in [0.717, 1.165) is 25.1 Å². The molecule has 1 aliphatic carbocycles. The Morgan fingerprint density at radius 3 is 2.59 bits per heavy atom. The first kappa shape index (κ1) is 20.6. The number of aliphatic hydroxyl groups excluding tert-OH is 1. The van der Waals surface area contributed by atoms with Crippen molar-refractivity contribution in [2.75, 3.05) is 25.0 Å². The molecule has 7 heteroatoms. The minimum Gasteiger partial charge on any atom is -0.392 e. The van der Waals surface area contributed by atoms with Crippen LogP contribution in [0.5, 0.6) is 0 Å². The van der Waals surface area contributed by atoms with Gasteiger partial charge in [-0.1, -0.05) is 24.3 Å². The lowest BCUT2D eigenvalue weighted by molar-refractivity contribution is 0.0703. The highest BCUT2D eigenvalue weighted by Crippen LogP contribution is 2.57. The first-order chi connectivity index (χ1) is 15.4. The van der Waals surface area contributed by atoms with E-state index in [9.17, 15) is 14.3 Å². The fourth-order valence-corrected chi connectivity index (χ4v) is 4.56. The molecule has 32 heavy (non-hydrogen) atoms. The van der Waals surface area contributed by atoms with Gasteiger partial charge in [0.25, 0.3) is 5.91 Å². The Morgan fingerprint density at radius 2 is 1.94 bits per heavy atom. The topological polar surface area (TPSA) is 69.6 Å². The number of amides is 1. The predicted molar refractivity (Wildman–Crippen MR) is 120 cm³/mol. The summed E-state index contributed by atoms with van der Waals surface area (Å²) >= 11 is 0. The van der Waals surface area contributed by atoms with Crippen LogP contribution < -0.4 is 4.90 Å². The van der Waals surface area contributed by atoms with Gasteiger partial charge in [0, 0.05) is 60.3 Å². The minimum absolute atomic E-state index is 0.0932. The first-order valence-electron chi connectivity index (χ1n) is 10.8. The van der Waals surface area contributed by atoms with E-state index in [1.54, 1.807) is 44.6 Å². The number of carbonyl (C=O) groups is 1. The molecule has 1 fully saturated rings. The van der Waals surface area contributed by atoms with Crippen molar-refractivity contribution in [3.63, 3.8) is 0 Å². The lowest BCUT2D eigenvalue weighted by Crippen LogP contribution is -2.33. The molecule has 0 bridgehead atoms. The Balaban J connectivity index is 1.47. The van der Waals surface area contributed by atoms with Crippen LogP contribution in [0, 0.1) is 5.82 Å². The zero-order chi connectivity index (χ0) is 22.5. The molecule has 0 saturated heterocycles. The summed E-state index contributed by atoms with van der Waals surface area (Å²) < 4.78 is 14.1. The van der Waals surface area contributed by atoms with E-state index < -0.39 is 6.10 Å². The quantitative estimate of drug-likeness (QED) is 0.662. The van der Waals surface area contributed by atoms with Crippen molar-refractivity contribution in [3.05, 3.63) is 71.8 Å². The number of aromatic nitrogens is 2. The molecule has 1 amide bonds. The average molecular weight is 432 g/mol. The molecule has 2 heterocycles. The zero-order valence-corrected chi connectivity index (χ0v) is 18.1. The number of likely N-dealkylation sites (N-methyl/N-ethyl adjacent to an activating group) is 1. The number of nitrogens with zero attached hydrogens (tertiary/aromatic N) is 4. The number of hydrogen-bond donors (Lipinski definition) is 1. The Labute approximate surface area is 186 Å². The highest BCUT2D eigenvalue weighted by atomic mass is 19.1. The maximum atomic E-state index is 14.1. The number of hydrogen-bond acceptors (Lipinski definition) is 5.